The molecule has 0 saturated carbocycles. The molecule has 0 heterocycles. The molecule has 302 valence electrons. The number of hydrogen-bond donors (Lipinski definition) is 0. The van der Waals surface area contributed by atoms with Crippen LogP contribution >= 0.6 is 0 Å². The molecular weight excluding hydrogens is 771 g/mol. The molecule has 0 aliphatic rings. The van der Waals surface area contributed by atoms with Gasteiger partial charge in [-0.1, -0.05) is 219 Å². The van der Waals surface area contributed by atoms with E-state index in [0.29, 0.717) is 0 Å². The molecular formula is C62H45BO. The average molecular weight is 817 g/mol. The highest BCUT2D eigenvalue weighted by Gasteiger charge is 2.17. The van der Waals surface area contributed by atoms with Crippen LogP contribution in [0, 0.1) is 0 Å². The molecule has 13 rings (SSSR count). The number of benzene rings is 13. The molecule has 64 heavy (non-hydrogen) atoms. The lowest BCUT2D eigenvalue weighted by molar-refractivity contribution is 0.435. The third-order valence-corrected chi connectivity index (χ3v) is 13.0. The van der Waals surface area contributed by atoms with Crippen LogP contribution in [-0.4, -0.2) is 14.0 Å². The van der Waals surface area contributed by atoms with Gasteiger partial charge >= 0.3 is 6.92 Å². The van der Waals surface area contributed by atoms with E-state index >= 15 is 0 Å². The first-order valence-electron chi connectivity index (χ1n) is 22.2. The summed E-state index contributed by atoms with van der Waals surface area (Å²) in [6, 6.07) is 84.9. The van der Waals surface area contributed by atoms with Crippen molar-refractivity contribution in [3.8, 4) is 11.1 Å². The summed E-state index contributed by atoms with van der Waals surface area (Å²) in [7, 11) is 1.74. The van der Waals surface area contributed by atoms with Gasteiger partial charge in [0.2, 0.25) is 0 Å². The molecule has 0 amide bonds. The monoisotopic (exact) mass is 816 g/mol. The highest BCUT2D eigenvalue weighted by molar-refractivity contribution is 6.67. The molecule has 0 spiro atoms. The smallest absolute Gasteiger partial charge is 0.323 e. The maximum atomic E-state index is 5.40. The largest absolute Gasteiger partial charge is 0.434 e. The summed E-state index contributed by atoms with van der Waals surface area (Å²) in [5.41, 5.74) is 3.72. The maximum Gasteiger partial charge on any atom is 0.323 e. The first kappa shape index (κ1) is 39.1. The van der Waals surface area contributed by atoms with E-state index in [-0.39, 0.29) is 6.92 Å². The van der Waals surface area contributed by atoms with Gasteiger partial charge < -0.3 is 4.65 Å². The molecule has 0 N–H and O–H groups in total. The van der Waals surface area contributed by atoms with Crippen molar-refractivity contribution in [2.24, 2.45) is 0 Å². The normalized spacial score (nSPS) is 11.3. The van der Waals surface area contributed by atoms with Crippen LogP contribution in [0.25, 0.3) is 108 Å². The minimum atomic E-state index is 0.122. The Kier molecular flexibility index (Phi) is 10.3. The Morgan fingerprint density at radius 1 is 0.281 bits per heavy atom. The van der Waals surface area contributed by atoms with E-state index in [4.69, 9.17) is 4.65 Å². The van der Waals surface area contributed by atoms with Crippen LogP contribution in [0.5, 0.6) is 0 Å². The molecule has 0 unspecified atom stereocenters. The lowest BCUT2D eigenvalue weighted by Gasteiger charge is -2.17. The summed E-state index contributed by atoms with van der Waals surface area (Å²) < 4.78 is 5.40. The van der Waals surface area contributed by atoms with Gasteiger partial charge in [-0.05, 0) is 138 Å². The van der Waals surface area contributed by atoms with Crippen LogP contribution in [0.1, 0.15) is 0 Å². The minimum absolute atomic E-state index is 0.122. The molecule has 0 radical (unpaired) electrons. The zero-order chi connectivity index (χ0) is 43.0. The van der Waals surface area contributed by atoms with Crippen molar-refractivity contribution in [3.05, 3.63) is 237 Å². The second kappa shape index (κ2) is 16.8. The number of rotatable bonds is 3. The molecule has 13 aromatic carbocycles. The minimum Gasteiger partial charge on any atom is -0.434 e. The predicted octanol–water partition coefficient (Wildman–Crippen LogP) is 16.6. The Bertz CT molecular complexity index is 3840. The quantitative estimate of drug-likeness (QED) is 0.0980. The van der Waals surface area contributed by atoms with E-state index in [2.05, 4.69) is 237 Å². The van der Waals surface area contributed by atoms with Gasteiger partial charge in [0.05, 0.1) is 0 Å². The second-order valence-electron chi connectivity index (χ2n) is 16.7. The molecule has 0 aromatic heterocycles. The van der Waals surface area contributed by atoms with E-state index in [1.54, 1.807) is 7.11 Å². The summed E-state index contributed by atoms with van der Waals surface area (Å²) in [5.74, 6) is 0. The van der Waals surface area contributed by atoms with Crippen LogP contribution in [0.4, 0.5) is 0 Å². The average Bonchev–Trinajstić information content (AvgIpc) is 3.37. The Morgan fingerprint density at radius 3 is 1.25 bits per heavy atom. The third kappa shape index (κ3) is 6.99. The molecule has 0 bridgehead atoms. The molecule has 0 saturated heterocycles. The van der Waals surface area contributed by atoms with Crippen molar-refractivity contribution in [3.63, 3.8) is 0 Å². The van der Waals surface area contributed by atoms with Gasteiger partial charge in [0.25, 0.3) is 0 Å². The summed E-state index contributed by atoms with van der Waals surface area (Å²) in [6.07, 6.45) is 0. The maximum absolute atomic E-state index is 5.40. The Morgan fingerprint density at radius 2 is 0.672 bits per heavy atom. The summed E-state index contributed by atoms with van der Waals surface area (Å²) in [5, 5.41) is 23.8. The molecule has 0 aliphatic carbocycles. The van der Waals surface area contributed by atoms with Crippen LogP contribution < -0.4 is 5.46 Å². The van der Waals surface area contributed by atoms with Crippen LogP contribution in [0.2, 0.25) is 6.82 Å². The highest BCUT2D eigenvalue weighted by Crippen LogP contribution is 2.44. The molecule has 0 aliphatic heterocycles. The van der Waals surface area contributed by atoms with Gasteiger partial charge in [-0.25, -0.2) is 0 Å². The van der Waals surface area contributed by atoms with Crippen molar-refractivity contribution in [2.75, 3.05) is 7.11 Å². The molecule has 13 aromatic rings. The van der Waals surface area contributed by atoms with Crippen molar-refractivity contribution < 1.29 is 4.65 Å². The first-order valence-corrected chi connectivity index (χ1v) is 22.2. The zero-order valence-electron chi connectivity index (χ0n) is 36.0. The third-order valence-electron chi connectivity index (χ3n) is 13.0. The number of hydrogen-bond acceptors (Lipinski definition) is 1. The molecule has 0 fully saturated rings. The number of fused-ring (bicyclic) bond motifs is 16. The van der Waals surface area contributed by atoms with Gasteiger partial charge in [0.15, 0.2) is 0 Å². The van der Waals surface area contributed by atoms with E-state index in [9.17, 15) is 0 Å². The summed E-state index contributed by atoms with van der Waals surface area (Å²) >= 11 is 0. The Hall–Kier alpha value is -7.78. The fraction of sp³-hybridized carbons (Fsp3) is 0.0323. The lowest BCUT2D eigenvalue weighted by atomic mass is 9.61. The lowest BCUT2D eigenvalue weighted by Crippen LogP contribution is -2.30. The van der Waals surface area contributed by atoms with E-state index < -0.39 is 0 Å². The van der Waals surface area contributed by atoms with Gasteiger partial charge in [-0.15, -0.1) is 0 Å². The van der Waals surface area contributed by atoms with E-state index in [1.807, 2.05) is 6.07 Å². The van der Waals surface area contributed by atoms with Gasteiger partial charge in [-0.3, -0.25) is 0 Å². The fourth-order valence-electron chi connectivity index (χ4n) is 9.86. The van der Waals surface area contributed by atoms with Gasteiger partial charge in [-0.2, -0.15) is 0 Å². The van der Waals surface area contributed by atoms with E-state index in [0.717, 1.165) is 0 Å². The first-order chi connectivity index (χ1) is 31.6. The molecule has 1 nitrogen and oxygen atoms in total. The Balaban J connectivity index is 0.000000115. The topological polar surface area (TPSA) is 9.23 Å². The van der Waals surface area contributed by atoms with Crippen LogP contribution in [0.15, 0.2) is 237 Å². The van der Waals surface area contributed by atoms with Crippen LogP contribution in [-0.2, 0) is 4.65 Å². The van der Waals surface area contributed by atoms with E-state index in [1.165, 1.54) is 114 Å². The fourth-order valence-corrected chi connectivity index (χ4v) is 9.86. The molecule has 2 heteroatoms. The highest BCUT2D eigenvalue weighted by atomic mass is 16.4. The SMILES string of the molecule is COB(C)c1ccccc1-c1ccccc1.c1ccc2cc3c(cc2c1)c1ccccc1c1c2ccccc2c2ccccc2c31.c1ccc2cc3c(ccc4ccccc43)cc2c1. The molecule has 0 atom stereocenters. The zero-order valence-corrected chi connectivity index (χ0v) is 36.0. The summed E-state index contributed by atoms with van der Waals surface area (Å²) in [6.45, 7) is 2.19. The van der Waals surface area contributed by atoms with Gasteiger partial charge in [0.1, 0.15) is 0 Å². The van der Waals surface area contributed by atoms with Crippen molar-refractivity contribution in [1.29, 1.82) is 0 Å². The second-order valence-corrected chi connectivity index (χ2v) is 16.7. The predicted molar refractivity (Wildman–Crippen MR) is 281 cm³/mol. The van der Waals surface area contributed by atoms with Crippen LogP contribution in [0.3, 0.4) is 0 Å². The Labute approximate surface area is 373 Å². The summed E-state index contributed by atoms with van der Waals surface area (Å²) in [4.78, 5) is 0. The standard InChI is InChI=1S/C30H18.C18H12.C14H15BO/c1-2-10-20-18-28-27(17-19(20)9-1)23-13-5-8-16-26(23)29-24-14-6-3-11-21(24)22-12-4-7-15-25(22)30(28)29;1-2-7-15-12-18-16(11-14(15)6-1)10-9-13-5-3-4-8-17(13)18;1-15(16-2)14-11-7-6-10-13(14)12-8-4-3-5-9-12/h1-18H;1-12H;3-11H,1-2H3. The van der Waals surface area contributed by atoms with Crippen molar-refractivity contribution in [2.45, 2.75) is 6.82 Å². The van der Waals surface area contributed by atoms with Crippen molar-refractivity contribution in [1.82, 2.24) is 0 Å². The van der Waals surface area contributed by atoms with Crippen molar-refractivity contribution >= 4 is 109 Å². The van der Waals surface area contributed by atoms with Gasteiger partial charge in [0, 0.05) is 7.11 Å².